The number of carbonyl (C=O) groups is 1. The van der Waals surface area contributed by atoms with Crippen LogP contribution in [0, 0.1) is 6.92 Å². The standard InChI is InChI=1S/C15H13N3O4/c1-8-12-10(22-14(8)15(19)20)3-2-9-6-18(17-13(9)12)7-11-16-4-5-21-11/h4-6H,2-3,7H2,1H3,(H,19,20). The van der Waals surface area contributed by atoms with E-state index < -0.39 is 5.97 Å². The molecule has 0 spiro atoms. The topological polar surface area (TPSA) is 94.3 Å². The minimum atomic E-state index is -1.05. The first-order chi connectivity index (χ1) is 10.6. The third-order valence-corrected chi connectivity index (χ3v) is 3.89. The molecule has 0 saturated carbocycles. The second kappa shape index (κ2) is 4.59. The lowest BCUT2D eigenvalue weighted by Crippen LogP contribution is -2.02. The number of aryl methyl sites for hydroxylation is 2. The highest BCUT2D eigenvalue weighted by Crippen LogP contribution is 2.38. The van der Waals surface area contributed by atoms with Crippen molar-refractivity contribution in [3.05, 3.63) is 47.2 Å². The summed E-state index contributed by atoms with van der Waals surface area (Å²) >= 11 is 0. The molecule has 112 valence electrons. The molecule has 7 heteroatoms. The van der Waals surface area contributed by atoms with Gasteiger partial charge in [-0.05, 0) is 18.9 Å². The molecule has 0 amide bonds. The lowest BCUT2D eigenvalue weighted by Gasteiger charge is -2.09. The number of aromatic nitrogens is 3. The SMILES string of the molecule is Cc1c(C(=O)O)oc2c1-c1nn(Cc3ncco3)cc1CC2. The molecule has 0 aliphatic heterocycles. The molecule has 3 heterocycles. The lowest BCUT2D eigenvalue weighted by molar-refractivity contribution is 0.0659. The molecular formula is C15H13N3O4. The first-order valence-corrected chi connectivity index (χ1v) is 6.94. The van der Waals surface area contributed by atoms with Gasteiger partial charge in [-0.3, -0.25) is 4.68 Å². The molecule has 0 fully saturated rings. The van der Waals surface area contributed by atoms with Crippen LogP contribution >= 0.6 is 0 Å². The molecule has 3 aromatic rings. The maximum absolute atomic E-state index is 11.2. The summed E-state index contributed by atoms with van der Waals surface area (Å²) in [6.45, 7) is 2.20. The molecule has 4 rings (SSSR count). The summed E-state index contributed by atoms with van der Waals surface area (Å²) in [6, 6.07) is 0. The zero-order valence-electron chi connectivity index (χ0n) is 11.9. The summed E-state index contributed by atoms with van der Waals surface area (Å²) in [5.74, 6) is 0.228. The van der Waals surface area contributed by atoms with Crippen molar-refractivity contribution in [2.75, 3.05) is 0 Å². The van der Waals surface area contributed by atoms with Crippen molar-refractivity contribution in [2.45, 2.75) is 26.3 Å². The first kappa shape index (κ1) is 12.9. The Morgan fingerprint density at radius 2 is 2.32 bits per heavy atom. The molecule has 7 nitrogen and oxygen atoms in total. The Kier molecular flexibility index (Phi) is 2.69. The van der Waals surface area contributed by atoms with Gasteiger partial charge in [-0.1, -0.05) is 0 Å². The summed E-state index contributed by atoms with van der Waals surface area (Å²) in [5, 5.41) is 13.8. The predicted octanol–water partition coefficient (Wildman–Crippen LogP) is 2.28. The van der Waals surface area contributed by atoms with Gasteiger partial charge in [0, 0.05) is 23.7 Å². The first-order valence-electron chi connectivity index (χ1n) is 6.94. The number of aromatic carboxylic acids is 1. The van der Waals surface area contributed by atoms with E-state index in [4.69, 9.17) is 8.83 Å². The predicted molar refractivity (Wildman–Crippen MR) is 74.6 cm³/mol. The highest BCUT2D eigenvalue weighted by molar-refractivity contribution is 5.90. The van der Waals surface area contributed by atoms with Crippen molar-refractivity contribution in [2.24, 2.45) is 0 Å². The van der Waals surface area contributed by atoms with Gasteiger partial charge in [0.15, 0.2) is 0 Å². The Bertz CT molecular complexity index is 858. The summed E-state index contributed by atoms with van der Waals surface area (Å²) in [4.78, 5) is 15.3. The van der Waals surface area contributed by atoms with Gasteiger partial charge < -0.3 is 13.9 Å². The Balaban J connectivity index is 1.78. The number of carboxylic acid groups (broad SMARTS) is 1. The van der Waals surface area contributed by atoms with Crippen molar-refractivity contribution in [3.63, 3.8) is 0 Å². The molecule has 0 unspecified atom stereocenters. The smallest absolute Gasteiger partial charge is 0.372 e. The fourth-order valence-electron chi connectivity index (χ4n) is 2.92. The summed E-state index contributed by atoms with van der Waals surface area (Å²) in [6.07, 6.45) is 6.53. The van der Waals surface area contributed by atoms with Gasteiger partial charge in [-0.2, -0.15) is 5.10 Å². The van der Waals surface area contributed by atoms with Gasteiger partial charge in [0.2, 0.25) is 11.7 Å². The quantitative estimate of drug-likeness (QED) is 0.797. The van der Waals surface area contributed by atoms with Crippen LogP contribution < -0.4 is 0 Å². The van der Waals surface area contributed by atoms with Crippen LogP contribution in [0.2, 0.25) is 0 Å². The molecule has 0 atom stereocenters. The van der Waals surface area contributed by atoms with Gasteiger partial charge in [-0.25, -0.2) is 9.78 Å². The molecular weight excluding hydrogens is 286 g/mol. The number of furan rings is 1. The van der Waals surface area contributed by atoms with Crippen molar-refractivity contribution >= 4 is 5.97 Å². The third kappa shape index (κ3) is 1.86. The maximum Gasteiger partial charge on any atom is 0.372 e. The number of rotatable bonds is 3. The summed E-state index contributed by atoms with van der Waals surface area (Å²) in [5.41, 5.74) is 3.32. The van der Waals surface area contributed by atoms with E-state index in [1.807, 2.05) is 6.20 Å². The molecule has 0 bridgehead atoms. The van der Waals surface area contributed by atoms with E-state index in [0.717, 1.165) is 23.2 Å². The molecule has 0 aromatic carbocycles. The molecule has 1 aliphatic rings. The number of oxazole rings is 1. The normalized spacial score (nSPS) is 13.0. The van der Waals surface area contributed by atoms with E-state index in [-0.39, 0.29) is 5.76 Å². The number of carboxylic acids is 1. The number of hydrogen-bond acceptors (Lipinski definition) is 5. The number of nitrogens with zero attached hydrogens (tertiary/aromatic N) is 3. The number of fused-ring (bicyclic) bond motifs is 3. The van der Waals surface area contributed by atoms with Crippen molar-refractivity contribution in [1.82, 2.24) is 14.8 Å². The van der Waals surface area contributed by atoms with Crippen LogP contribution in [0.15, 0.2) is 27.5 Å². The van der Waals surface area contributed by atoms with Crippen molar-refractivity contribution in [1.29, 1.82) is 0 Å². The van der Waals surface area contributed by atoms with E-state index in [1.165, 1.54) is 6.26 Å². The van der Waals surface area contributed by atoms with Crippen LogP contribution in [0.25, 0.3) is 11.3 Å². The monoisotopic (exact) mass is 299 g/mol. The van der Waals surface area contributed by atoms with E-state index in [9.17, 15) is 9.90 Å². The van der Waals surface area contributed by atoms with Crippen LogP contribution in [0.1, 0.15) is 33.3 Å². The fourth-order valence-corrected chi connectivity index (χ4v) is 2.92. The second-order valence-corrected chi connectivity index (χ2v) is 5.29. The summed E-state index contributed by atoms with van der Waals surface area (Å²) < 4.78 is 12.5. The van der Waals surface area contributed by atoms with Gasteiger partial charge in [0.1, 0.15) is 18.6 Å². The second-order valence-electron chi connectivity index (χ2n) is 5.29. The molecule has 0 radical (unpaired) electrons. The Morgan fingerprint density at radius 1 is 1.45 bits per heavy atom. The average molecular weight is 299 g/mol. The van der Waals surface area contributed by atoms with E-state index >= 15 is 0 Å². The van der Waals surface area contributed by atoms with Crippen molar-refractivity contribution < 1.29 is 18.7 Å². The third-order valence-electron chi connectivity index (χ3n) is 3.89. The molecule has 22 heavy (non-hydrogen) atoms. The molecule has 1 N–H and O–H groups in total. The van der Waals surface area contributed by atoms with Crippen LogP contribution in [-0.4, -0.2) is 25.8 Å². The lowest BCUT2D eigenvalue weighted by atomic mass is 9.94. The largest absolute Gasteiger partial charge is 0.475 e. The Hall–Kier alpha value is -2.83. The summed E-state index contributed by atoms with van der Waals surface area (Å²) in [7, 11) is 0. The fraction of sp³-hybridized carbons (Fsp3) is 0.267. The minimum Gasteiger partial charge on any atom is -0.475 e. The van der Waals surface area contributed by atoms with Gasteiger partial charge in [-0.15, -0.1) is 0 Å². The molecule has 1 aliphatic carbocycles. The molecule has 3 aromatic heterocycles. The zero-order chi connectivity index (χ0) is 15.3. The van der Waals surface area contributed by atoms with E-state index in [1.54, 1.807) is 17.8 Å². The van der Waals surface area contributed by atoms with Crippen LogP contribution in [0.5, 0.6) is 0 Å². The van der Waals surface area contributed by atoms with Crippen molar-refractivity contribution in [3.8, 4) is 11.3 Å². The van der Waals surface area contributed by atoms with Gasteiger partial charge >= 0.3 is 5.97 Å². The van der Waals surface area contributed by atoms with Gasteiger partial charge in [0.25, 0.3) is 0 Å². The maximum atomic E-state index is 11.2. The van der Waals surface area contributed by atoms with Crippen LogP contribution in [0.3, 0.4) is 0 Å². The van der Waals surface area contributed by atoms with Gasteiger partial charge in [0.05, 0.1) is 11.9 Å². The minimum absolute atomic E-state index is 0.0000937. The zero-order valence-corrected chi connectivity index (χ0v) is 11.9. The highest BCUT2D eigenvalue weighted by atomic mass is 16.4. The Labute approximate surface area is 125 Å². The molecule has 0 saturated heterocycles. The van der Waals surface area contributed by atoms with Crippen LogP contribution in [0.4, 0.5) is 0 Å². The number of hydrogen-bond donors (Lipinski definition) is 1. The van der Waals surface area contributed by atoms with E-state index in [0.29, 0.717) is 30.2 Å². The van der Waals surface area contributed by atoms with E-state index in [2.05, 4.69) is 10.1 Å². The average Bonchev–Trinajstić information content (AvgIpc) is 3.17. The van der Waals surface area contributed by atoms with Crippen LogP contribution in [-0.2, 0) is 19.4 Å². The Morgan fingerprint density at radius 3 is 3.05 bits per heavy atom. The highest BCUT2D eigenvalue weighted by Gasteiger charge is 2.29.